The minimum atomic E-state index is -3.28. The number of hydrogen-bond acceptors (Lipinski definition) is 6. The number of hydrogen-bond donors (Lipinski definition) is 2. The lowest BCUT2D eigenvalue weighted by Crippen LogP contribution is -2.47. The molecule has 0 unspecified atom stereocenters. The van der Waals surface area contributed by atoms with Gasteiger partial charge in [-0.3, -0.25) is 4.72 Å². The Morgan fingerprint density at radius 3 is 2.17 bits per heavy atom. The highest BCUT2D eigenvalue weighted by Gasteiger charge is 2.51. The number of sulfonamides is 1. The van der Waals surface area contributed by atoms with Crippen LogP contribution in [0.5, 0.6) is 0 Å². The summed E-state index contributed by atoms with van der Waals surface area (Å²) in [5, 5.41) is 8.13. The number of nitrogens with one attached hydrogen (secondary N) is 2. The highest BCUT2D eigenvalue weighted by Crippen LogP contribution is 2.57. The normalized spacial score (nSPS) is 24.0. The third kappa shape index (κ3) is 5.14. The molecular formula is C28H36N4O3S. The fraction of sp³-hybridized carbons (Fsp3) is 0.500. The van der Waals surface area contributed by atoms with Crippen LogP contribution >= 0.6 is 0 Å². The molecule has 8 heteroatoms. The Morgan fingerprint density at radius 1 is 0.917 bits per heavy atom. The Kier molecular flexibility index (Phi) is 6.14. The van der Waals surface area contributed by atoms with Gasteiger partial charge in [-0.25, -0.2) is 8.42 Å². The lowest BCUT2D eigenvalue weighted by atomic mass is 9.53. The quantitative estimate of drug-likeness (QED) is 0.400. The molecule has 1 heterocycles. The monoisotopic (exact) mass is 508 g/mol. The third-order valence-corrected chi connectivity index (χ3v) is 8.60. The van der Waals surface area contributed by atoms with E-state index in [-0.39, 0.29) is 10.8 Å². The maximum atomic E-state index is 11.5. The van der Waals surface area contributed by atoms with Crippen molar-refractivity contribution in [2.45, 2.75) is 70.1 Å². The second kappa shape index (κ2) is 8.91. The van der Waals surface area contributed by atoms with Crippen LogP contribution in [0, 0.1) is 5.41 Å². The van der Waals surface area contributed by atoms with Crippen LogP contribution in [0.1, 0.15) is 71.0 Å². The first kappa shape index (κ1) is 24.8. The molecule has 0 atom stereocenters. The van der Waals surface area contributed by atoms with Gasteiger partial charge in [0, 0.05) is 28.7 Å². The molecule has 0 radical (unpaired) electrons. The molecule has 0 spiro atoms. The zero-order chi connectivity index (χ0) is 25.6. The van der Waals surface area contributed by atoms with Gasteiger partial charge in [0.1, 0.15) is 0 Å². The molecule has 0 amide bonds. The average Bonchev–Trinajstić information content (AvgIpc) is 3.36. The van der Waals surface area contributed by atoms with E-state index in [9.17, 15) is 8.42 Å². The van der Waals surface area contributed by atoms with Gasteiger partial charge in [0.15, 0.2) is 5.82 Å². The molecule has 3 fully saturated rings. The Balaban J connectivity index is 1.22. The largest absolute Gasteiger partial charge is 0.384 e. The summed E-state index contributed by atoms with van der Waals surface area (Å²) in [7, 11) is -3.28. The van der Waals surface area contributed by atoms with Crippen LogP contribution in [0.4, 0.5) is 11.4 Å². The van der Waals surface area contributed by atoms with Crippen LogP contribution in [-0.4, -0.2) is 31.4 Å². The first-order chi connectivity index (χ1) is 17.0. The van der Waals surface area contributed by atoms with Gasteiger partial charge in [-0.15, -0.1) is 0 Å². The molecule has 0 saturated heterocycles. The van der Waals surface area contributed by atoms with Gasteiger partial charge in [-0.05, 0) is 79.3 Å². The van der Waals surface area contributed by atoms with Crippen molar-refractivity contribution in [3.8, 4) is 11.1 Å². The number of benzene rings is 2. The molecular weight excluding hydrogens is 472 g/mol. The molecule has 192 valence electrons. The molecule has 3 saturated carbocycles. The summed E-state index contributed by atoms with van der Waals surface area (Å²) in [6.45, 7) is 7.30. The molecule has 2 aromatic carbocycles. The van der Waals surface area contributed by atoms with Gasteiger partial charge in [0.2, 0.25) is 15.9 Å². The molecule has 3 aliphatic carbocycles. The van der Waals surface area contributed by atoms with Crippen LogP contribution in [0.2, 0.25) is 0 Å². The second-order valence-corrected chi connectivity index (χ2v) is 13.6. The second-order valence-electron chi connectivity index (χ2n) is 11.8. The lowest BCUT2D eigenvalue weighted by Gasteiger charge is -2.52. The Labute approximate surface area is 214 Å². The van der Waals surface area contributed by atoms with E-state index in [2.05, 4.69) is 60.2 Å². The maximum absolute atomic E-state index is 11.5. The Morgan fingerprint density at radius 2 is 1.58 bits per heavy atom. The van der Waals surface area contributed by atoms with E-state index in [1.807, 2.05) is 12.1 Å². The van der Waals surface area contributed by atoms with Crippen molar-refractivity contribution in [2.24, 2.45) is 5.41 Å². The topological polar surface area (TPSA) is 97.1 Å². The van der Waals surface area contributed by atoms with Crippen molar-refractivity contribution in [3.63, 3.8) is 0 Å². The van der Waals surface area contributed by atoms with Crippen molar-refractivity contribution in [3.05, 3.63) is 60.2 Å². The number of nitrogens with zero attached hydrogens (tertiary/aromatic N) is 2. The predicted octanol–water partition coefficient (Wildman–Crippen LogP) is 6.11. The van der Waals surface area contributed by atoms with E-state index in [1.165, 1.54) is 19.3 Å². The van der Waals surface area contributed by atoms with Gasteiger partial charge in [0.05, 0.1) is 6.26 Å². The van der Waals surface area contributed by atoms with E-state index < -0.39 is 10.0 Å². The summed E-state index contributed by atoms with van der Waals surface area (Å²) in [6, 6.07) is 15.9. The van der Waals surface area contributed by atoms with Crippen LogP contribution in [0.3, 0.4) is 0 Å². The summed E-state index contributed by atoms with van der Waals surface area (Å²) in [6.07, 6.45) is 8.03. The predicted molar refractivity (Wildman–Crippen MR) is 144 cm³/mol. The van der Waals surface area contributed by atoms with Crippen molar-refractivity contribution < 1.29 is 12.9 Å². The number of fused-ring (bicyclic) bond motifs is 3. The SMILES string of the molecule is CC(C)(C)c1nc(C23CCC(CNc4cccc(-c5ccc(NS(C)(=O)=O)cc5)c4)(CC2)CC3)no1. The molecule has 0 aliphatic heterocycles. The highest BCUT2D eigenvalue weighted by molar-refractivity contribution is 7.92. The minimum absolute atomic E-state index is 0.0762. The Hall–Kier alpha value is -2.87. The number of rotatable bonds is 7. The molecule has 7 nitrogen and oxygen atoms in total. The van der Waals surface area contributed by atoms with Gasteiger partial charge < -0.3 is 9.84 Å². The zero-order valence-corrected chi connectivity index (χ0v) is 22.4. The van der Waals surface area contributed by atoms with E-state index in [1.54, 1.807) is 12.1 Å². The highest BCUT2D eigenvalue weighted by atomic mass is 32.2. The third-order valence-electron chi connectivity index (χ3n) is 8.00. The molecule has 3 aliphatic rings. The molecule has 6 rings (SSSR count). The van der Waals surface area contributed by atoms with Gasteiger partial charge in [-0.2, -0.15) is 4.98 Å². The smallest absolute Gasteiger partial charge is 0.232 e. The molecule has 36 heavy (non-hydrogen) atoms. The van der Waals surface area contributed by atoms with Crippen LogP contribution in [-0.2, 0) is 20.9 Å². The van der Waals surface area contributed by atoms with E-state index in [0.717, 1.165) is 60.6 Å². The molecule has 1 aromatic heterocycles. The zero-order valence-electron chi connectivity index (χ0n) is 21.6. The average molecular weight is 509 g/mol. The number of aromatic nitrogens is 2. The van der Waals surface area contributed by atoms with Crippen LogP contribution < -0.4 is 10.0 Å². The number of anilines is 2. The van der Waals surface area contributed by atoms with Gasteiger partial charge in [-0.1, -0.05) is 50.2 Å². The lowest BCUT2D eigenvalue weighted by molar-refractivity contribution is 0.0445. The van der Waals surface area contributed by atoms with Crippen molar-refractivity contribution >= 4 is 21.4 Å². The fourth-order valence-electron chi connectivity index (χ4n) is 5.65. The van der Waals surface area contributed by atoms with E-state index >= 15 is 0 Å². The van der Waals surface area contributed by atoms with Crippen molar-refractivity contribution in [2.75, 3.05) is 22.8 Å². The van der Waals surface area contributed by atoms with Crippen molar-refractivity contribution in [1.82, 2.24) is 10.1 Å². The molecule has 2 N–H and O–H groups in total. The van der Waals surface area contributed by atoms with E-state index in [0.29, 0.717) is 11.1 Å². The summed E-state index contributed by atoms with van der Waals surface area (Å²) in [5.74, 6) is 1.65. The van der Waals surface area contributed by atoms with Gasteiger partial charge in [0.25, 0.3) is 0 Å². The summed E-state index contributed by atoms with van der Waals surface area (Å²) in [5.41, 5.74) is 4.08. The van der Waals surface area contributed by atoms with E-state index in [4.69, 9.17) is 9.51 Å². The summed E-state index contributed by atoms with van der Waals surface area (Å²) in [4.78, 5) is 4.82. The molecule has 2 bridgehead atoms. The maximum Gasteiger partial charge on any atom is 0.232 e. The van der Waals surface area contributed by atoms with Crippen LogP contribution in [0.25, 0.3) is 11.1 Å². The van der Waals surface area contributed by atoms with Gasteiger partial charge >= 0.3 is 0 Å². The first-order valence-corrected chi connectivity index (χ1v) is 14.6. The fourth-order valence-corrected chi connectivity index (χ4v) is 6.21. The first-order valence-electron chi connectivity index (χ1n) is 12.7. The summed E-state index contributed by atoms with van der Waals surface area (Å²) >= 11 is 0. The Bertz CT molecular complexity index is 1320. The van der Waals surface area contributed by atoms with Crippen LogP contribution in [0.15, 0.2) is 53.1 Å². The molecule has 3 aromatic rings. The minimum Gasteiger partial charge on any atom is -0.384 e. The van der Waals surface area contributed by atoms with Crippen molar-refractivity contribution in [1.29, 1.82) is 0 Å². The summed E-state index contributed by atoms with van der Waals surface area (Å²) < 4.78 is 31.0. The standard InChI is InChI=1S/C28H36N4O3S/c1-26(2,3)25-30-24(31-35-25)28-15-12-27(13-16-28,14-17-28)19-29-23-7-5-6-21(18-23)20-8-10-22(11-9-20)32-36(4,33)34/h5-11,18,29,32H,12-17,19H2,1-4H3.